The third kappa shape index (κ3) is 1.80. The van der Waals surface area contributed by atoms with Crippen molar-refractivity contribution in [1.29, 1.82) is 0 Å². The zero-order valence-corrected chi connectivity index (χ0v) is 7.63. The Morgan fingerprint density at radius 2 is 2.27 bits per heavy atom. The summed E-state index contributed by atoms with van der Waals surface area (Å²) in [6.07, 6.45) is 2.27. The standard InChI is InChI=1S/C9H17NO/c1-4-8-5-9(7(2)11)10(3)6-8/h8-9H,4-6H2,1-3H3. The summed E-state index contributed by atoms with van der Waals surface area (Å²) < 4.78 is 0. The van der Waals surface area contributed by atoms with Gasteiger partial charge in [0.1, 0.15) is 5.78 Å². The second-order valence-electron chi connectivity index (χ2n) is 3.58. The summed E-state index contributed by atoms with van der Waals surface area (Å²) in [5.41, 5.74) is 0. The van der Waals surface area contributed by atoms with Crippen molar-refractivity contribution in [2.75, 3.05) is 13.6 Å². The SMILES string of the molecule is CCC1CC(C(C)=O)N(C)C1. The van der Waals surface area contributed by atoms with Gasteiger partial charge in [-0.05, 0) is 26.3 Å². The van der Waals surface area contributed by atoms with Crippen LogP contribution < -0.4 is 0 Å². The lowest BCUT2D eigenvalue weighted by Gasteiger charge is -2.14. The Kier molecular flexibility index (Phi) is 2.66. The first-order valence-electron chi connectivity index (χ1n) is 4.35. The van der Waals surface area contributed by atoms with Gasteiger partial charge in [0.25, 0.3) is 0 Å². The molecule has 0 aliphatic carbocycles. The van der Waals surface area contributed by atoms with Crippen LogP contribution in [0.15, 0.2) is 0 Å². The van der Waals surface area contributed by atoms with Crippen molar-refractivity contribution in [3.05, 3.63) is 0 Å². The number of ketones is 1. The van der Waals surface area contributed by atoms with Crippen molar-refractivity contribution < 1.29 is 4.79 Å². The molecule has 2 heteroatoms. The molecule has 64 valence electrons. The van der Waals surface area contributed by atoms with E-state index in [0.717, 1.165) is 18.9 Å². The normalized spacial score (nSPS) is 32.6. The third-order valence-corrected chi connectivity index (χ3v) is 2.68. The molecule has 0 bridgehead atoms. The maximum atomic E-state index is 11.1. The molecule has 1 rings (SSSR count). The maximum absolute atomic E-state index is 11.1. The van der Waals surface area contributed by atoms with Gasteiger partial charge in [0.15, 0.2) is 0 Å². The van der Waals surface area contributed by atoms with Crippen molar-refractivity contribution in [3.8, 4) is 0 Å². The molecule has 11 heavy (non-hydrogen) atoms. The highest BCUT2D eigenvalue weighted by molar-refractivity contribution is 5.81. The summed E-state index contributed by atoms with van der Waals surface area (Å²) in [6, 6.07) is 0.208. The van der Waals surface area contributed by atoms with Gasteiger partial charge in [-0.25, -0.2) is 0 Å². The number of likely N-dealkylation sites (tertiary alicyclic amines) is 1. The van der Waals surface area contributed by atoms with Crippen LogP contribution in [0.25, 0.3) is 0 Å². The Morgan fingerprint density at radius 3 is 2.55 bits per heavy atom. The molecule has 0 saturated carbocycles. The van der Waals surface area contributed by atoms with Crippen LogP contribution in [0.4, 0.5) is 0 Å². The lowest BCUT2D eigenvalue weighted by molar-refractivity contribution is -0.120. The smallest absolute Gasteiger partial charge is 0.146 e. The molecule has 1 heterocycles. The van der Waals surface area contributed by atoms with Crippen LogP contribution in [0.3, 0.4) is 0 Å². The van der Waals surface area contributed by atoms with E-state index >= 15 is 0 Å². The van der Waals surface area contributed by atoms with Gasteiger partial charge < -0.3 is 0 Å². The van der Waals surface area contributed by atoms with E-state index < -0.39 is 0 Å². The van der Waals surface area contributed by atoms with E-state index in [1.165, 1.54) is 6.42 Å². The first kappa shape index (κ1) is 8.72. The minimum atomic E-state index is 0.208. The van der Waals surface area contributed by atoms with E-state index in [2.05, 4.69) is 11.8 Å². The van der Waals surface area contributed by atoms with Crippen LogP contribution in [0, 0.1) is 5.92 Å². The Labute approximate surface area is 68.6 Å². The fraction of sp³-hybridized carbons (Fsp3) is 0.889. The van der Waals surface area contributed by atoms with E-state index in [4.69, 9.17) is 0 Å². The zero-order chi connectivity index (χ0) is 8.43. The van der Waals surface area contributed by atoms with Gasteiger partial charge in [-0.3, -0.25) is 9.69 Å². The molecular weight excluding hydrogens is 138 g/mol. The van der Waals surface area contributed by atoms with Crippen molar-refractivity contribution in [2.45, 2.75) is 32.7 Å². The molecule has 0 radical (unpaired) electrons. The van der Waals surface area contributed by atoms with Crippen LogP contribution in [0.1, 0.15) is 26.7 Å². The van der Waals surface area contributed by atoms with E-state index in [9.17, 15) is 4.79 Å². The van der Waals surface area contributed by atoms with E-state index in [1.807, 2.05) is 7.05 Å². The molecule has 0 N–H and O–H groups in total. The number of Topliss-reactive ketones (excluding diaryl/α,β-unsaturated/α-hetero) is 1. The first-order valence-corrected chi connectivity index (χ1v) is 4.35. The van der Waals surface area contributed by atoms with Gasteiger partial charge >= 0.3 is 0 Å². The molecule has 1 saturated heterocycles. The second kappa shape index (κ2) is 3.35. The zero-order valence-electron chi connectivity index (χ0n) is 7.63. The molecule has 2 unspecified atom stereocenters. The Morgan fingerprint density at radius 1 is 1.64 bits per heavy atom. The molecule has 0 amide bonds. The Balaban J connectivity index is 2.51. The molecule has 1 aliphatic heterocycles. The predicted molar refractivity (Wildman–Crippen MR) is 45.5 cm³/mol. The van der Waals surface area contributed by atoms with E-state index in [0.29, 0.717) is 5.78 Å². The van der Waals surface area contributed by atoms with Crippen molar-refractivity contribution in [3.63, 3.8) is 0 Å². The number of carbonyl (C=O) groups excluding carboxylic acids is 1. The summed E-state index contributed by atoms with van der Waals surface area (Å²) >= 11 is 0. The average Bonchev–Trinajstić information content (AvgIpc) is 2.30. The minimum absolute atomic E-state index is 0.208. The predicted octanol–water partition coefficient (Wildman–Crippen LogP) is 1.31. The van der Waals surface area contributed by atoms with Gasteiger partial charge in [0.05, 0.1) is 6.04 Å². The lowest BCUT2D eigenvalue weighted by Crippen LogP contribution is -2.30. The minimum Gasteiger partial charge on any atom is -0.298 e. The fourth-order valence-electron chi connectivity index (χ4n) is 1.88. The molecule has 2 nitrogen and oxygen atoms in total. The second-order valence-corrected chi connectivity index (χ2v) is 3.58. The molecule has 0 aromatic heterocycles. The fourth-order valence-corrected chi connectivity index (χ4v) is 1.88. The average molecular weight is 155 g/mol. The lowest BCUT2D eigenvalue weighted by atomic mass is 10.0. The topological polar surface area (TPSA) is 20.3 Å². The van der Waals surface area contributed by atoms with Crippen molar-refractivity contribution in [1.82, 2.24) is 4.90 Å². The Hall–Kier alpha value is -0.370. The Bertz CT molecular complexity index is 156. The van der Waals surface area contributed by atoms with Crippen LogP contribution in [0.5, 0.6) is 0 Å². The summed E-state index contributed by atoms with van der Waals surface area (Å²) in [7, 11) is 2.04. The van der Waals surface area contributed by atoms with Crippen LogP contribution in [0.2, 0.25) is 0 Å². The molecular formula is C9H17NO. The van der Waals surface area contributed by atoms with E-state index in [1.54, 1.807) is 6.92 Å². The first-order chi connectivity index (χ1) is 5.15. The van der Waals surface area contributed by atoms with Gasteiger partial charge in [-0.2, -0.15) is 0 Å². The number of hydrogen-bond donors (Lipinski definition) is 0. The molecule has 2 atom stereocenters. The highest BCUT2D eigenvalue weighted by Crippen LogP contribution is 2.24. The van der Waals surface area contributed by atoms with Gasteiger partial charge in [-0.15, -0.1) is 0 Å². The quantitative estimate of drug-likeness (QED) is 0.599. The van der Waals surface area contributed by atoms with Crippen molar-refractivity contribution >= 4 is 5.78 Å². The van der Waals surface area contributed by atoms with E-state index in [-0.39, 0.29) is 6.04 Å². The largest absolute Gasteiger partial charge is 0.298 e. The highest BCUT2D eigenvalue weighted by Gasteiger charge is 2.30. The van der Waals surface area contributed by atoms with Gasteiger partial charge in [-0.1, -0.05) is 13.3 Å². The number of hydrogen-bond acceptors (Lipinski definition) is 2. The molecule has 0 aromatic carbocycles. The van der Waals surface area contributed by atoms with Gasteiger partial charge in [0, 0.05) is 6.54 Å². The summed E-state index contributed by atoms with van der Waals surface area (Å²) in [6.45, 7) is 4.99. The number of nitrogens with zero attached hydrogens (tertiary/aromatic N) is 1. The van der Waals surface area contributed by atoms with Crippen molar-refractivity contribution in [2.24, 2.45) is 5.92 Å². The molecule has 0 spiro atoms. The maximum Gasteiger partial charge on any atom is 0.146 e. The van der Waals surface area contributed by atoms with Gasteiger partial charge in [0.2, 0.25) is 0 Å². The van der Waals surface area contributed by atoms with Crippen LogP contribution >= 0.6 is 0 Å². The summed E-state index contributed by atoms with van der Waals surface area (Å²) in [5, 5.41) is 0. The number of likely N-dealkylation sites (N-methyl/N-ethyl adjacent to an activating group) is 1. The third-order valence-electron chi connectivity index (χ3n) is 2.68. The molecule has 0 aromatic rings. The summed E-state index contributed by atoms with van der Waals surface area (Å²) in [5.74, 6) is 1.07. The highest BCUT2D eigenvalue weighted by atomic mass is 16.1. The molecule has 1 aliphatic rings. The summed E-state index contributed by atoms with van der Waals surface area (Å²) in [4.78, 5) is 13.3. The monoisotopic (exact) mass is 155 g/mol. The number of carbonyl (C=O) groups is 1. The molecule has 1 fully saturated rings. The number of rotatable bonds is 2. The van der Waals surface area contributed by atoms with Crippen LogP contribution in [-0.4, -0.2) is 30.3 Å². The van der Waals surface area contributed by atoms with Crippen LogP contribution in [-0.2, 0) is 4.79 Å².